The number of nitrogens with zero attached hydrogens (tertiary/aromatic N) is 1. The van der Waals surface area contributed by atoms with E-state index in [9.17, 15) is 9.59 Å². The molecule has 1 heterocycles. The van der Waals surface area contributed by atoms with Gasteiger partial charge >= 0.3 is 5.97 Å². The number of thiazole rings is 1. The van der Waals surface area contributed by atoms with Crippen molar-refractivity contribution in [2.75, 3.05) is 6.54 Å². The van der Waals surface area contributed by atoms with Crippen LogP contribution in [0.25, 0.3) is 0 Å². The summed E-state index contributed by atoms with van der Waals surface area (Å²) in [4.78, 5) is 27.2. The zero-order valence-corrected chi connectivity index (χ0v) is 12.6. The van der Waals surface area contributed by atoms with Crippen molar-refractivity contribution in [3.63, 3.8) is 0 Å². The van der Waals surface area contributed by atoms with Crippen molar-refractivity contribution in [2.45, 2.75) is 39.2 Å². The first-order chi connectivity index (χ1) is 9.42. The van der Waals surface area contributed by atoms with Crippen LogP contribution in [0.4, 0.5) is 0 Å². The van der Waals surface area contributed by atoms with Crippen LogP contribution in [0.1, 0.15) is 31.0 Å². The van der Waals surface area contributed by atoms with Gasteiger partial charge in [0.25, 0.3) is 0 Å². The smallest absolute Gasteiger partial charge is 0.326 e. The van der Waals surface area contributed by atoms with Gasteiger partial charge in [-0.05, 0) is 18.9 Å². The van der Waals surface area contributed by atoms with Gasteiger partial charge in [0.2, 0.25) is 5.91 Å². The van der Waals surface area contributed by atoms with Crippen molar-refractivity contribution in [1.82, 2.24) is 10.3 Å². The molecule has 0 aliphatic heterocycles. The highest BCUT2D eigenvalue weighted by atomic mass is 32.1. The van der Waals surface area contributed by atoms with Crippen LogP contribution in [0.15, 0.2) is 5.38 Å². The number of carboxylic acids is 1. The van der Waals surface area contributed by atoms with E-state index in [1.165, 1.54) is 11.3 Å². The number of aliphatic carboxylic acids is 1. The van der Waals surface area contributed by atoms with Crippen LogP contribution in [-0.2, 0) is 22.4 Å². The molecule has 7 heteroatoms. The van der Waals surface area contributed by atoms with Crippen LogP contribution in [0.3, 0.4) is 0 Å². The van der Waals surface area contributed by atoms with Gasteiger partial charge in [-0.15, -0.1) is 11.3 Å². The molecule has 112 valence electrons. The molecular formula is C13H21N3O3S. The minimum atomic E-state index is -1.01. The molecule has 1 amide bonds. The molecule has 20 heavy (non-hydrogen) atoms. The minimum absolute atomic E-state index is 0.100. The van der Waals surface area contributed by atoms with Gasteiger partial charge in [0, 0.05) is 11.8 Å². The normalized spacial score (nSPS) is 12.4. The molecule has 1 aromatic rings. The molecule has 0 aromatic carbocycles. The number of hydrogen-bond acceptors (Lipinski definition) is 5. The Kier molecular flexibility index (Phi) is 6.60. The van der Waals surface area contributed by atoms with E-state index in [1.54, 1.807) is 0 Å². The molecule has 1 atom stereocenters. The maximum absolute atomic E-state index is 11.8. The van der Waals surface area contributed by atoms with Crippen molar-refractivity contribution in [3.05, 3.63) is 16.1 Å². The fraction of sp³-hybridized carbons (Fsp3) is 0.615. The number of nitrogens with two attached hydrogens (primary N) is 1. The van der Waals surface area contributed by atoms with Crippen molar-refractivity contribution >= 4 is 23.2 Å². The molecule has 0 aliphatic carbocycles. The standard InChI is InChI=1S/C13H21N3O3S/c1-8(2)5-10(13(18)19)16-11(17)6-9-7-20-12(15-9)3-4-14/h7-8,10H,3-6,14H2,1-2H3,(H,16,17)(H,18,19). The van der Waals surface area contributed by atoms with Gasteiger partial charge in [0.05, 0.1) is 17.1 Å². The number of hydrogen-bond donors (Lipinski definition) is 3. The number of rotatable bonds is 8. The summed E-state index contributed by atoms with van der Waals surface area (Å²) in [5, 5.41) is 14.3. The Morgan fingerprint density at radius 2 is 2.20 bits per heavy atom. The third-order valence-electron chi connectivity index (χ3n) is 2.64. The van der Waals surface area contributed by atoms with Crippen LogP contribution in [0, 0.1) is 5.92 Å². The van der Waals surface area contributed by atoms with Crippen LogP contribution >= 0.6 is 11.3 Å². The highest BCUT2D eigenvalue weighted by Gasteiger charge is 2.21. The van der Waals surface area contributed by atoms with Crippen LogP contribution in [0.2, 0.25) is 0 Å². The molecule has 4 N–H and O–H groups in total. The van der Waals surface area contributed by atoms with Gasteiger partial charge in [-0.2, -0.15) is 0 Å². The Morgan fingerprint density at radius 3 is 2.75 bits per heavy atom. The highest BCUT2D eigenvalue weighted by molar-refractivity contribution is 7.09. The lowest BCUT2D eigenvalue weighted by Gasteiger charge is -2.16. The van der Waals surface area contributed by atoms with E-state index >= 15 is 0 Å². The maximum atomic E-state index is 11.8. The molecule has 0 saturated carbocycles. The average molecular weight is 299 g/mol. The highest BCUT2D eigenvalue weighted by Crippen LogP contribution is 2.11. The molecular weight excluding hydrogens is 278 g/mol. The number of carbonyl (C=O) groups is 2. The third kappa shape index (κ3) is 5.66. The summed E-state index contributed by atoms with van der Waals surface area (Å²) in [6, 6.07) is -0.843. The fourth-order valence-electron chi connectivity index (χ4n) is 1.77. The van der Waals surface area contributed by atoms with Crippen molar-refractivity contribution in [1.29, 1.82) is 0 Å². The quantitative estimate of drug-likeness (QED) is 0.658. The Hall–Kier alpha value is -1.47. The maximum Gasteiger partial charge on any atom is 0.326 e. The predicted octanol–water partition coefficient (Wildman–Crippen LogP) is 0.802. The monoisotopic (exact) mass is 299 g/mol. The van der Waals surface area contributed by atoms with Crippen molar-refractivity contribution in [2.24, 2.45) is 11.7 Å². The van der Waals surface area contributed by atoms with Crippen LogP contribution in [-0.4, -0.2) is 34.6 Å². The molecule has 1 aromatic heterocycles. The zero-order chi connectivity index (χ0) is 15.1. The van der Waals surface area contributed by atoms with E-state index in [-0.39, 0.29) is 18.2 Å². The number of carbonyl (C=O) groups excluding carboxylic acids is 1. The largest absolute Gasteiger partial charge is 0.480 e. The van der Waals surface area contributed by atoms with Crippen molar-refractivity contribution < 1.29 is 14.7 Å². The second kappa shape index (κ2) is 7.96. The van der Waals surface area contributed by atoms with Gasteiger partial charge < -0.3 is 16.2 Å². The molecule has 0 spiro atoms. The van der Waals surface area contributed by atoms with Crippen LogP contribution < -0.4 is 11.1 Å². The molecule has 1 rings (SSSR count). The van der Waals surface area contributed by atoms with E-state index in [2.05, 4.69) is 10.3 Å². The fourth-order valence-corrected chi connectivity index (χ4v) is 2.58. The number of aromatic nitrogens is 1. The number of nitrogens with one attached hydrogen (secondary N) is 1. The first-order valence-corrected chi connectivity index (χ1v) is 7.45. The zero-order valence-electron chi connectivity index (χ0n) is 11.8. The Bertz CT molecular complexity index is 459. The number of carboxylic acid groups (broad SMARTS) is 1. The molecule has 0 fully saturated rings. The summed E-state index contributed by atoms with van der Waals surface area (Å²) in [6.45, 7) is 4.36. The molecule has 1 unspecified atom stereocenters. The summed E-state index contributed by atoms with van der Waals surface area (Å²) in [6.07, 6.45) is 1.21. The summed E-state index contributed by atoms with van der Waals surface area (Å²) in [7, 11) is 0. The summed E-state index contributed by atoms with van der Waals surface area (Å²) < 4.78 is 0. The Labute approximate surface area is 122 Å². The molecule has 0 aliphatic rings. The lowest BCUT2D eigenvalue weighted by molar-refractivity contribution is -0.142. The van der Waals surface area contributed by atoms with Gasteiger partial charge in [-0.25, -0.2) is 9.78 Å². The van der Waals surface area contributed by atoms with Crippen molar-refractivity contribution in [3.8, 4) is 0 Å². The lowest BCUT2D eigenvalue weighted by Crippen LogP contribution is -2.42. The van der Waals surface area contributed by atoms with E-state index in [0.717, 1.165) is 5.01 Å². The van der Waals surface area contributed by atoms with Gasteiger partial charge in [0.15, 0.2) is 0 Å². The molecule has 6 nitrogen and oxygen atoms in total. The number of amides is 1. The van der Waals surface area contributed by atoms with Gasteiger partial charge in [-0.1, -0.05) is 13.8 Å². The van der Waals surface area contributed by atoms with E-state index < -0.39 is 12.0 Å². The minimum Gasteiger partial charge on any atom is -0.480 e. The first kappa shape index (κ1) is 16.6. The Balaban J connectivity index is 2.54. The average Bonchev–Trinajstić information content (AvgIpc) is 2.75. The van der Waals surface area contributed by atoms with Gasteiger partial charge in [0.1, 0.15) is 6.04 Å². The summed E-state index contributed by atoms with van der Waals surface area (Å²) in [5.74, 6) is -1.12. The Morgan fingerprint density at radius 1 is 1.50 bits per heavy atom. The second-order valence-corrected chi connectivity index (χ2v) is 5.98. The van der Waals surface area contributed by atoms with Gasteiger partial charge in [-0.3, -0.25) is 4.79 Å². The first-order valence-electron chi connectivity index (χ1n) is 6.58. The molecule has 0 bridgehead atoms. The SMILES string of the molecule is CC(C)CC(NC(=O)Cc1csc(CCN)n1)C(=O)O. The summed E-state index contributed by atoms with van der Waals surface area (Å²) in [5.41, 5.74) is 6.10. The summed E-state index contributed by atoms with van der Waals surface area (Å²) >= 11 is 1.46. The van der Waals surface area contributed by atoms with E-state index in [0.29, 0.717) is 25.1 Å². The molecule has 0 saturated heterocycles. The topological polar surface area (TPSA) is 105 Å². The lowest BCUT2D eigenvalue weighted by atomic mass is 10.0. The predicted molar refractivity (Wildman–Crippen MR) is 77.6 cm³/mol. The third-order valence-corrected chi connectivity index (χ3v) is 3.60. The van der Waals surface area contributed by atoms with E-state index in [4.69, 9.17) is 10.8 Å². The molecule has 0 radical (unpaired) electrons. The van der Waals surface area contributed by atoms with E-state index in [1.807, 2.05) is 19.2 Å². The van der Waals surface area contributed by atoms with Crippen LogP contribution in [0.5, 0.6) is 0 Å². The second-order valence-electron chi connectivity index (χ2n) is 5.04.